The van der Waals surface area contributed by atoms with Gasteiger partial charge < -0.3 is 11.5 Å². The number of amides is 1. The monoisotopic (exact) mass is 183 g/mol. The van der Waals surface area contributed by atoms with Gasteiger partial charge in [0.1, 0.15) is 10.7 Å². The molecule has 1 unspecified atom stereocenters. The Balaban J connectivity index is 2.91. The van der Waals surface area contributed by atoms with Crippen LogP contribution in [0.25, 0.3) is 0 Å². The number of nitrogens with two attached hydrogens (primary N) is 2. The highest BCUT2D eigenvalue weighted by molar-refractivity contribution is 7.09. The third-order valence-electron chi connectivity index (χ3n) is 1.31. The average Bonchev–Trinajstić information content (AvgIpc) is 2.51. The van der Waals surface area contributed by atoms with Crippen LogP contribution >= 0.6 is 11.3 Å². The van der Waals surface area contributed by atoms with Crippen molar-refractivity contribution in [3.63, 3.8) is 0 Å². The first-order valence-corrected chi connectivity index (χ1v) is 4.16. The lowest BCUT2D eigenvalue weighted by molar-refractivity contribution is 0.0996. The van der Waals surface area contributed by atoms with Gasteiger partial charge in [-0.1, -0.05) is 6.08 Å². The maximum Gasteiger partial charge on any atom is 0.268 e. The molecule has 0 aliphatic carbocycles. The number of primary amides is 1. The molecule has 1 atom stereocenters. The Labute approximate surface area is 73.9 Å². The lowest BCUT2D eigenvalue weighted by Gasteiger charge is -1.97. The van der Waals surface area contributed by atoms with E-state index >= 15 is 0 Å². The van der Waals surface area contributed by atoms with E-state index in [1.165, 1.54) is 11.3 Å². The molecule has 0 saturated carbocycles. The molecule has 0 saturated heterocycles. The molecule has 5 heteroatoms. The molecule has 0 fully saturated rings. The van der Waals surface area contributed by atoms with Gasteiger partial charge in [0, 0.05) is 5.38 Å². The van der Waals surface area contributed by atoms with E-state index in [-0.39, 0.29) is 11.7 Å². The highest BCUT2D eigenvalue weighted by Crippen LogP contribution is 2.16. The molecule has 0 aromatic carbocycles. The Bertz CT molecular complexity index is 307. The quantitative estimate of drug-likeness (QED) is 0.666. The number of rotatable bonds is 3. The van der Waals surface area contributed by atoms with Crippen LogP contribution in [0, 0.1) is 0 Å². The highest BCUT2D eigenvalue weighted by Gasteiger charge is 2.09. The molecule has 0 spiro atoms. The molecule has 0 aliphatic heterocycles. The van der Waals surface area contributed by atoms with Crippen molar-refractivity contribution in [3.8, 4) is 0 Å². The van der Waals surface area contributed by atoms with E-state index in [0.29, 0.717) is 5.01 Å². The van der Waals surface area contributed by atoms with E-state index < -0.39 is 5.91 Å². The van der Waals surface area contributed by atoms with Gasteiger partial charge in [-0.15, -0.1) is 17.9 Å². The fraction of sp³-hybridized carbons (Fsp3) is 0.143. The molecule has 0 bridgehead atoms. The first-order chi connectivity index (χ1) is 5.65. The molecule has 1 aromatic heterocycles. The Hall–Kier alpha value is -1.20. The van der Waals surface area contributed by atoms with Gasteiger partial charge in [-0.25, -0.2) is 4.98 Å². The van der Waals surface area contributed by atoms with Gasteiger partial charge in [-0.05, 0) is 0 Å². The van der Waals surface area contributed by atoms with Crippen LogP contribution in [0.2, 0.25) is 0 Å². The van der Waals surface area contributed by atoms with E-state index in [4.69, 9.17) is 11.5 Å². The van der Waals surface area contributed by atoms with Crippen molar-refractivity contribution in [3.05, 3.63) is 28.7 Å². The smallest absolute Gasteiger partial charge is 0.268 e. The van der Waals surface area contributed by atoms with Gasteiger partial charge in [0.25, 0.3) is 5.91 Å². The summed E-state index contributed by atoms with van der Waals surface area (Å²) >= 11 is 1.30. The van der Waals surface area contributed by atoms with Crippen molar-refractivity contribution in [2.45, 2.75) is 6.04 Å². The minimum atomic E-state index is -0.534. The average molecular weight is 183 g/mol. The maximum atomic E-state index is 10.6. The third-order valence-corrected chi connectivity index (χ3v) is 2.26. The molecule has 1 aromatic rings. The van der Waals surface area contributed by atoms with Crippen LogP contribution in [0.1, 0.15) is 21.5 Å². The van der Waals surface area contributed by atoms with Crippen LogP contribution in [-0.2, 0) is 0 Å². The predicted molar refractivity (Wildman–Crippen MR) is 47.8 cm³/mol. The number of thiazole rings is 1. The Morgan fingerprint density at radius 3 is 2.92 bits per heavy atom. The van der Waals surface area contributed by atoms with Gasteiger partial charge >= 0.3 is 0 Å². The van der Waals surface area contributed by atoms with Crippen molar-refractivity contribution >= 4 is 17.2 Å². The molecule has 1 heterocycles. The Kier molecular flexibility index (Phi) is 2.57. The summed E-state index contributed by atoms with van der Waals surface area (Å²) in [5.74, 6) is -0.534. The SMILES string of the molecule is C=CC(N)c1nc(C(N)=O)cs1. The fourth-order valence-corrected chi connectivity index (χ4v) is 1.46. The number of hydrogen-bond acceptors (Lipinski definition) is 4. The normalized spacial score (nSPS) is 12.4. The molecule has 1 amide bonds. The summed E-state index contributed by atoms with van der Waals surface area (Å²) in [5, 5.41) is 2.24. The van der Waals surface area contributed by atoms with E-state index in [9.17, 15) is 4.79 Å². The number of nitrogens with zero attached hydrogens (tertiary/aromatic N) is 1. The summed E-state index contributed by atoms with van der Waals surface area (Å²) in [5.41, 5.74) is 10.8. The molecule has 0 aliphatic rings. The van der Waals surface area contributed by atoms with Crippen LogP contribution in [0.4, 0.5) is 0 Å². The molecule has 64 valence electrons. The molecular weight excluding hydrogens is 174 g/mol. The van der Waals surface area contributed by atoms with Gasteiger partial charge in [0.15, 0.2) is 0 Å². The molecule has 0 radical (unpaired) electrons. The molecule has 12 heavy (non-hydrogen) atoms. The van der Waals surface area contributed by atoms with Crippen molar-refractivity contribution < 1.29 is 4.79 Å². The third kappa shape index (κ3) is 1.69. The zero-order valence-corrected chi connectivity index (χ0v) is 7.17. The zero-order valence-electron chi connectivity index (χ0n) is 6.36. The maximum absolute atomic E-state index is 10.6. The molecule has 4 N–H and O–H groups in total. The Morgan fingerprint density at radius 1 is 1.83 bits per heavy atom. The second-order valence-corrected chi connectivity index (χ2v) is 3.09. The van der Waals surface area contributed by atoms with Crippen LogP contribution in [0.5, 0.6) is 0 Å². The molecular formula is C7H9N3OS. The minimum absolute atomic E-state index is 0.257. The van der Waals surface area contributed by atoms with E-state index in [2.05, 4.69) is 11.6 Å². The molecule has 4 nitrogen and oxygen atoms in total. The standard InChI is InChI=1S/C7H9N3OS/c1-2-4(8)7-10-5(3-12-7)6(9)11/h2-4H,1,8H2,(H2,9,11). The van der Waals surface area contributed by atoms with Crippen molar-refractivity contribution in [1.82, 2.24) is 4.98 Å². The minimum Gasteiger partial charge on any atom is -0.364 e. The summed E-state index contributed by atoms with van der Waals surface area (Å²) in [7, 11) is 0. The van der Waals surface area contributed by atoms with Crippen LogP contribution in [-0.4, -0.2) is 10.9 Å². The fourth-order valence-electron chi connectivity index (χ4n) is 0.655. The van der Waals surface area contributed by atoms with Crippen LogP contribution < -0.4 is 11.5 Å². The number of aromatic nitrogens is 1. The van der Waals surface area contributed by atoms with Gasteiger partial charge in [0.2, 0.25) is 0 Å². The zero-order chi connectivity index (χ0) is 9.14. The van der Waals surface area contributed by atoms with Crippen molar-refractivity contribution in [2.75, 3.05) is 0 Å². The first kappa shape index (κ1) is 8.89. The van der Waals surface area contributed by atoms with Crippen molar-refractivity contribution in [1.29, 1.82) is 0 Å². The molecule has 1 rings (SSSR count). The topological polar surface area (TPSA) is 82.0 Å². The van der Waals surface area contributed by atoms with Gasteiger partial charge in [-0.2, -0.15) is 0 Å². The summed E-state index contributed by atoms with van der Waals surface area (Å²) in [6.07, 6.45) is 1.56. The number of carbonyl (C=O) groups excluding carboxylic acids is 1. The second kappa shape index (κ2) is 3.46. The Morgan fingerprint density at radius 2 is 2.50 bits per heavy atom. The first-order valence-electron chi connectivity index (χ1n) is 3.28. The number of carbonyl (C=O) groups is 1. The summed E-state index contributed by atoms with van der Waals surface area (Å²) in [4.78, 5) is 14.6. The van der Waals surface area contributed by atoms with Gasteiger partial charge in [0.05, 0.1) is 6.04 Å². The second-order valence-electron chi connectivity index (χ2n) is 2.20. The summed E-state index contributed by atoms with van der Waals surface area (Å²) < 4.78 is 0. The van der Waals surface area contributed by atoms with Crippen LogP contribution in [0.15, 0.2) is 18.0 Å². The van der Waals surface area contributed by atoms with Crippen molar-refractivity contribution in [2.24, 2.45) is 11.5 Å². The predicted octanol–water partition coefficient (Wildman–Crippen LogP) is 0.428. The van der Waals surface area contributed by atoms with E-state index in [0.717, 1.165) is 0 Å². The van der Waals surface area contributed by atoms with Crippen LogP contribution in [0.3, 0.4) is 0 Å². The number of hydrogen-bond donors (Lipinski definition) is 2. The van der Waals surface area contributed by atoms with E-state index in [1.54, 1.807) is 11.5 Å². The highest BCUT2D eigenvalue weighted by atomic mass is 32.1. The van der Waals surface area contributed by atoms with Gasteiger partial charge in [-0.3, -0.25) is 4.79 Å². The largest absolute Gasteiger partial charge is 0.364 e. The lowest BCUT2D eigenvalue weighted by atomic mass is 10.3. The summed E-state index contributed by atoms with van der Waals surface area (Å²) in [6.45, 7) is 3.52. The van der Waals surface area contributed by atoms with E-state index in [1.807, 2.05) is 0 Å². The lowest BCUT2D eigenvalue weighted by Crippen LogP contribution is -2.12. The summed E-state index contributed by atoms with van der Waals surface area (Å²) in [6, 6.07) is -0.317.